The second-order valence-corrected chi connectivity index (χ2v) is 5.95. The summed E-state index contributed by atoms with van der Waals surface area (Å²) < 4.78 is 10.1. The molecule has 5 nitrogen and oxygen atoms in total. The molecule has 0 saturated heterocycles. The lowest BCUT2D eigenvalue weighted by Crippen LogP contribution is -2.36. The molecule has 0 unspecified atom stereocenters. The summed E-state index contributed by atoms with van der Waals surface area (Å²) in [6, 6.07) is 5.40. The topological polar surface area (TPSA) is 55.8 Å². The van der Waals surface area contributed by atoms with E-state index in [9.17, 15) is 9.59 Å². The zero-order valence-corrected chi connectivity index (χ0v) is 13.8. The number of rotatable bonds is 7. The van der Waals surface area contributed by atoms with Crippen molar-refractivity contribution >= 4 is 29.3 Å². The number of amides is 1. The number of methoxy groups -OCH3 is 1. The SMILES string of the molecule is CCOC(=O)c1ccc2c(c1)N(CCCCOC)C(=O)CS2. The summed E-state index contributed by atoms with van der Waals surface area (Å²) in [6.07, 6.45) is 1.77. The van der Waals surface area contributed by atoms with Crippen LogP contribution in [-0.4, -0.2) is 44.5 Å². The third-order valence-electron chi connectivity index (χ3n) is 3.39. The van der Waals surface area contributed by atoms with Gasteiger partial charge in [-0.25, -0.2) is 4.79 Å². The minimum absolute atomic E-state index is 0.0796. The zero-order valence-electron chi connectivity index (χ0n) is 13.0. The lowest BCUT2D eigenvalue weighted by Gasteiger charge is -2.29. The fourth-order valence-electron chi connectivity index (χ4n) is 2.30. The number of carbonyl (C=O) groups excluding carboxylic acids is 2. The van der Waals surface area contributed by atoms with Crippen LogP contribution in [0, 0.1) is 0 Å². The third-order valence-corrected chi connectivity index (χ3v) is 4.44. The van der Waals surface area contributed by atoms with Gasteiger partial charge in [0.05, 0.1) is 23.6 Å². The highest BCUT2D eigenvalue weighted by Crippen LogP contribution is 2.36. The first kappa shape index (κ1) is 16.8. The lowest BCUT2D eigenvalue weighted by molar-refractivity contribution is -0.116. The number of ether oxygens (including phenoxy) is 2. The first-order valence-corrected chi connectivity index (χ1v) is 8.39. The number of thioether (sulfide) groups is 1. The Bertz CT molecular complexity index is 547. The summed E-state index contributed by atoms with van der Waals surface area (Å²) in [6.45, 7) is 3.44. The van der Waals surface area contributed by atoms with Crippen LogP contribution >= 0.6 is 11.8 Å². The van der Waals surface area contributed by atoms with Crippen molar-refractivity contribution in [2.75, 3.05) is 37.5 Å². The van der Waals surface area contributed by atoms with Gasteiger partial charge in [0.1, 0.15) is 0 Å². The average Bonchev–Trinajstić information content (AvgIpc) is 2.53. The van der Waals surface area contributed by atoms with E-state index >= 15 is 0 Å². The summed E-state index contributed by atoms with van der Waals surface area (Å²) in [5.41, 5.74) is 1.29. The highest BCUT2D eigenvalue weighted by molar-refractivity contribution is 8.00. The first-order valence-electron chi connectivity index (χ1n) is 7.40. The van der Waals surface area contributed by atoms with Crippen molar-refractivity contribution in [1.29, 1.82) is 0 Å². The van der Waals surface area contributed by atoms with E-state index in [-0.39, 0.29) is 11.9 Å². The molecule has 1 amide bonds. The number of nitrogens with zero attached hydrogens (tertiary/aromatic N) is 1. The second kappa shape index (κ2) is 8.19. The van der Waals surface area contributed by atoms with E-state index in [1.807, 2.05) is 6.07 Å². The van der Waals surface area contributed by atoms with Crippen molar-refractivity contribution in [1.82, 2.24) is 0 Å². The fourth-order valence-corrected chi connectivity index (χ4v) is 3.22. The van der Waals surface area contributed by atoms with E-state index in [1.54, 1.807) is 31.1 Å². The van der Waals surface area contributed by atoms with Crippen LogP contribution in [0.15, 0.2) is 23.1 Å². The molecular formula is C16H21NO4S. The third kappa shape index (κ3) is 4.01. The van der Waals surface area contributed by atoms with Crippen LogP contribution in [0.2, 0.25) is 0 Å². The van der Waals surface area contributed by atoms with E-state index < -0.39 is 0 Å². The van der Waals surface area contributed by atoms with Crippen molar-refractivity contribution in [3.63, 3.8) is 0 Å². The molecule has 1 aromatic carbocycles. The van der Waals surface area contributed by atoms with Crippen LogP contribution in [0.25, 0.3) is 0 Å². The van der Waals surface area contributed by atoms with Gasteiger partial charge in [-0.05, 0) is 38.0 Å². The molecule has 0 N–H and O–H groups in total. The molecule has 22 heavy (non-hydrogen) atoms. The van der Waals surface area contributed by atoms with Gasteiger partial charge in [-0.15, -0.1) is 11.8 Å². The van der Waals surface area contributed by atoms with Gasteiger partial charge >= 0.3 is 5.97 Å². The zero-order chi connectivity index (χ0) is 15.9. The van der Waals surface area contributed by atoms with Crippen LogP contribution in [0.5, 0.6) is 0 Å². The molecule has 6 heteroatoms. The van der Waals surface area contributed by atoms with Gasteiger partial charge in [-0.3, -0.25) is 4.79 Å². The maximum atomic E-state index is 12.2. The van der Waals surface area contributed by atoms with Gasteiger partial charge in [0, 0.05) is 25.2 Å². The Morgan fingerprint density at radius 3 is 2.91 bits per heavy atom. The number of benzene rings is 1. The first-order chi connectivity index (χ1) is 10.7. The minimum Gasteiger partial charge on any atom is -0.462 e. The van der Waals surface area contributed by atoms with Crippen molar-refractivity contribution in [3.05, 3.63) is 23.8 Å². The number of unbranched alkanes of at least 4 members (excludes halogenated alkanes) is 1. The summed E-state index contributed by atoms with van der Waals surface area (Å²) >= 11 is 1.51. The summed E-state index contributed by atoms with van der Waals surface area (Å²) in [4.78, 5) is 26.8. The second-order valence-electron chi connectivity index (χ2n) is 4.94. The molecule has 1 aromatic rings. The summed E-state index contributed by atoms with van der Waals surface area (Å²) in [5.74, 6) is 0.166. The van der Waals surface area contributed by atoms with Gasteiger partial charge in [-0.1, -0.05) is 0 Å². The molecule has 1 heterocycles. The summed E-state index contributed by atoms with van der Waals surface area (Å²) in [5, 5.41) is 0. The Labute approximate surface area is 135 Å². The number of esters is 1. The maximum Gasteiger partial charge on any atom is 0.338 e. The molecule has 0 saturated carbocycles. The largest absolute Gasteiger partial charge is 0.462 e. The standard InChI is InChI=1S/C16H21NO4S/c1-3-21-16(19)12-6-7-14-13(10-12)17(15(18)11-22-14)8-4-5-9-20-2/h6-7,10H,3-5,8-9,11H2,1-2H3. The number of hydrogen-bond acceptors (Lipinski definition) is 5. The Balaban J connectivity index is 2.17. The molecule has 0 fully saturated rings. The number of anilines is 1. The maximum absolute atomic E-state index is 12.2. The summed E-state index contributed by atoms with van der Waals surface area (Å²) in [7, 11) is 1.67. The van der Waals surface area contributed by atoms with Crippen LogP contribution in [0.3, 0.4) is 0 Å². The smallest absolute Gasteiger partial charge is 0.338 e. The molecule has 0 aliphatic carbocycles. The van der Waals surface area contributed by atoms with Gasteiger partial charge < -0.3 is 14.4 Å². The Morgan fingerprint density at radius 1 is 1.36 bits per heavy atom. The predicted molar refractivity (Wildman–Crippen MR) is 86.6 cm³/mol. The van der Waals surface area contributed by atoms with E-state index in [2.05, 4.69) is 0 Å². The molecule has 0 radical (unpaired) electrons. The van der Waals surface area contributed by atoms with Gasteiger partial charge in [0.15, 0.2) is 0 Å². The molecular weight excluding hydrogens is 302 g/mol. The van der Waals surface area contributed by atoms with E-state index in [1.165, 1.54) is 11.8 Å². The minimum atomic E-state index is -0.354. The van der Waals surface area contributed by atoms with Crippen molar-refractivity contribution in [2.24, 2.45) is 0 Å². The normalized spacial score (nSPS) is 13.9. The van der Waals surface area contributed by atoms with Crippen molar-refractivity contribution in [2.45, 2.75) is 24.7 Å². The van der Waals surface area contributed by atoms with Crippen LogP contribution < -0.4 is 4.90 Å². The quantitative estimate of drug-likeness (QED) is 0.570. The predicted octanol–water partition coefficient (Wildman–Crippen LogP) is 2.73. The molecule has 120 valence electrons. The monoisotopic (exact) mass is 323 g/mol. The van der Waals surface area contributed by atoms with Crippen LogP contribution in [0.4, 0.5) is 5.69 Å². The van der Waals surface area contributed by atoms with Crippen molar-refractivity contribution < 1.29 is 19.1 Å². The van der Waals surface area contributed by atoms with E-state index in [0.29, 0.717) is 31.1 Å². The average molecular weight is 323 g/mol. The molecule has 1 aliphatic heterocycles. The van der Waals surface area contributed by atoms with Gasteiger partial charge in [0.2, 0.25) is 5.91 Å². The molecule has 0 bridgehead atoms. The molecule has 1 aliphatic rings. The van der Waals surface area contributed by atoms with Crippen molar-refractivity contribution in [3.8, 4) is 0 Å². The highest BCUT2D eigenvalue weighted by Gasteiger charge is 2.25. The van der Waals surface area contributed by atoms with E-state index in [0.717, 1.165) is 23.4 Å². The Kier molecular flexibility index (Phi) is 6.27. The number of fused-ring (bicyclic) bond motifs is 1. The molecule has 0 spiro atoms. The van der Waals surface area contributed by atoms with Crippen LogP contribution in [0.1, 0.15) is 30.1 Å². The Hall–Kier alpha value is -1.53. The molecule has 0 aromatic heterocycles. The fraction of sp³-hybridized carbons (Fsp3) is 0.500. The van der Waals surface area contributed by atoms with Gasteiger partial charge in [0.25, 0.3) is 0 Å². The molecule has 2 rings (SSSR count). The van der Waals surface area contributed by atoms with Crippen LogP contribution in [-0.2, 0) is 14.3 Å². The number of carbonyl (C=O) groups is 2. The number of hydrogen-bond donors (Lipinski definition) is 0. The highest BCUT2D eigenvalue weighted by atomic mass is 32.2. The Morgan fingerprint density at radius 2 is 2.18 bits per heavy atom. The van der Waals surface area contributed by atoms with Gasteiger partial charge in [-0.2, -0.15) is 0 Å². The molecule has 0 atom stereocenters. The van der Waals surface area contributed by atoms with E-state index in [4.69, 9.17) is 9.47 Å². The lowest BCUT2D eigenvalue weighted by atomic mass is 10.1.